The van der Waals surface area contributed by atoms with Crippen LogP contribution in [-0.4, -0.2) is 20.3 Å². The second-order valence-electron chi connectivity index (χ2n) is 4.50. The fourth-order valence-electron chi connectivity index (χ4n) is 2.06. The zero-order valence-electron chi connectivity index (χ0n) is 11.2. The Morgan fingerprint density at radius 2 is 2.05 bits per heavy atom. The molecule has 0 saturated heterocycles. The zero-order valence-corrected chi connectivity index (χ0v) is 11.2. The van der Waals surface area contributed by atoms with Gasteiger partial charge < -0.3 is 10.3 Å². The Balaban J connectivity index is 2.24. The van der Waals surface area contributed by atoms with Crippen molar-refractivity contribution in [3.8, 4) is 22.5 Å². The van der Waals surface area contributed by atoms with Crippen LogP contribution in [0, 0.1) is 13.8 Å². The maximum Gasteiger partial charge on any atom is 0.178 e. The van der Waals surface area contributed by atoms with E-state index in [1.165, 1.54) is 0 Å². The molecule has 0 aromatic carbocycles. The van der Waals surface area contributed by atoms with Gasteiger partial charge in [0.2, 0.25) is 0 Å². The predicted molar refractivity (Wildman–Crippen MR) is 74.6 cm³/mol. The molecule has 0 amide bonds. The summed E-state index contributed by atoms with van der Waals surface area (Å²) in [7, 11) is 0. The summed E-state index contributed by atoms with van der Waals surface area (Å²) in [5, 5.41) is 12.0. The maximum atomic E-state index is 5.93. The normalized spacial score (nSPS) is 10.7. The highest BCUT2D eigenvalue weighted by Gasteiger charge is 2.20. The zero-order chi connectivity index (χ0) is 14.1. The molecule has 0 aliphatic rings. The first kappa shape index (κ1) is 12.3. The molecule has 0 unspecified atom stereocenters. The molecule has 2 N–H and O–H groups in total. The lowest BCUT2D eigenvalue weighted by Crippen LogP contribution is -1.95. The summed E-state index contributed by atoms with van der Waals surface area (Å²) in [6, 6.07) is 5.66. The molecule has 0 atom stereocenters. The monoisotopic (exact) mass is 267 g/mol. The standard InChI is InChI=1S/C14H13N5O/c1-8-6-11(9(2)18-17-8)13-12(14(15)19-20-13)10-4-3-5-16-7-10/h3-7H,1-2H3,(H2,15,19). The van der Waals surface area contributed by atoms with E-state index in [4.69, 9.17) is 10.3 Å². The van der Waals surface area contributed by atoms with Crippen LogP contribution in [0.1, 0.15) is 11.4 Å². The summed E-state index contributed by atoms with van der Waals surface area (Å²) in [6.07, 6.45) is 3.43. The molecule has 6 nitrogen and oxygen atoms in total. The van der Waals surface area contributed by atoms with Crippen molar-refractivity contribution in [2.24, 2.45) is 0 Å². The summed E-state index contributed by atoms with van der Waals surface area (Å²) >= 11 is 0. The van der Waals surface area contributed by atoms with E-state index in [1.54, 1.807) is 12.4 Å². The van der Waals surface area contributed by atoms with Crippen molar-refractivity contribution in [2.45, 2.75) is 13.8 Å². The number of aromatic nitrogens is 4. The van der Waals surface area contributed by atoms with Crippen LogP contribution in [0.4, 0.5) is 5.82 Å². The van der Waals surface area contributed by atoms with Crippen molar-refractivity contribution in [1.82, 2.24) is 20.3 Å². The second-order valence-corrected chi connectivity index (χ2v) is 4.50. The van der Waals surface area contributed by atoms with Crippen molar-refractivity contribution in [1.29, 1.82) is 0 Å². The average Bonchev–Trinajstić information content (AvgIpc) is 2.84. The summed E-state index contributed by atoms with van der Waals surface area (Å²) in [4.78, 5) is 4.10. The van der Waals surface area contributed by atoms with E-state index in [0.29, 0.717) is 11.6 Å². The molecule has 0 spiro atoms. The lowest BCUT2D eigenvalue weighted by atomic mass is 10.0. The number of aryl methyl sites for hydroxylation is 2. The summed E-state index contributed by atoms with van der Waals surface area (Å²) in [6.45, 7) is 3.74. The second kappa shape index (κ2) is 4.73. The number of hydrogen-bond acceptors (Lipinski definition) is 6. The molecule has 0 saturated carbocycles. The fourth-order valence-corrected chi connectivity index (χ4v) is 2.06. The van der Waals surface area contributed by atoms with E-state index in [0.717, 1.165) is 28.1 Å². The van der Waals surface area contributed by atoms with Gasteiger partial charge in [0, 0.05) is 23.5 Å². The molecular formula is C14H13N5O. The van der Waals surface area contributed by atoms with Gasteiger partial charge >= 0.3 is 0 Å². The van der Waals surface area contributed by atoms with Crippen LogP contribution < -0.4 is 5.73 Å². The van der Waals surface area contributed by atoms with Gasteiger partial charge in [-0.2, -0.15) is 10.2 Å². The Labute approximate surface area is 115 Å². The van der Waals surface area contributed by atoms with Crippen LogP contribution in [0.15, 0.2) is 35.1 Å². The number of nitrogen functional groups attached to an aromatic ring is 1. The number of rotatable bonds is 2. The van der Waals surface area contributed by atoms with Crippen LogP contribution in [-0.2, 0) is 0 Å². The molecule has 0 aliphatic heterocycles. The number of nitrogens with zero attached hydrogens (tertiary/aromatic N) is 4. The minimum absolute atomic E-state index is 0.335. The van der Waals surface area contributed by atoms with Crippen molar-refractivity contribution < 1.29 is 4.52 Å². The quantitative estimate of drug-likeness (QED) is 0.766. The van der Waals surface area contributed by atoms with Crippen molar-refractivity contribution in [2.75, 3.05) is 5.73 Å². The van der Waals surface area contributed by atoms with E-state index in [-0.39, 0.29) is 0 Å². The molecule has 0 aliphatic carbocycles. The van der Waals surface area contributed by atoms with Gasteiger partial charge in [-0.15, -0.1) is 0 Å². The topological polar surface area (TPSA) is 90.7 Å². The van der Waals surface area contributed by atoms with E-state index in [9.17, 15) is 0 Å². The van der Waals surface area contributed by atoms with Gasteiger partial charge in [0.05, 0.1) is 17.0 Å². The molecule has 20 heavy (non-hydrogen) atoms. The summed E-state index contributed by atoms with van der Waals surface area (Å²) < 4.78 is 5.40. The molecule has 0 bridgehead atoms. The summed E-state index contributed by atoms with van der Waals surface area (Å²) in [5.74, 6) is 0.924. The first-order valence-corrected chi connectivity index (χ1v) is 6.13. The van der Waals surface area contributed by atoms with Gasteiger partial charge in [-0.05, 0) is 26.0 Å². The van der Waals surface area contributed by atoms with Gasteiger partial charge in [-0.1, -0.05) is 11.2 Å². The molecule has 3 heterocycles. The van der Waals surface area contributed by atoms with Gasteiger partial charge in [0.15, 0.2) is 11.6 Å². The van der Waals surface area contributed by atoms with Crippen LogP contribution in [0.2, 0.25) is 0 Å². The van der Waals surface area contributed by atoms with Crippen molar-refractivity contribution >= 4 is 5.82 Å². The van der Waals surface area contributed by atoms with E-state index < -0.39 is 0 Å². The van der Waals surface area contributed by atoms with Gasteiger partial charge in [-0.25, -0.2) is 0 Å². The Morgan fingerprint density at radius 3 is 2.80 bits per heavy atom. The van der Waals surface area contributed by atoms with Crippen molar-refractivity contribution in [3.05, 3.63) is 42.0 Å². The molecular weight excluding hydrogens is 254 g/mol. The van der Waals surface area contributed by atoms with Gasteiger partial charge in [-0.3, -0.25) is 4.98 Å². The fraction of sp³-hybridized carbons (Fsp3) is 0.143. The third-order valence-corrected chi connectivity index (χ3v) is 3.01. The van der Waals surface area contributed by atoms with E-state index >= 15 is 0 Å². The lowest BCUT2D eigenvalue weighted by Gasteiger charge is -2.05. The smallest absolute Gasteiger partial charge is 0.178 e. The van der Waals surface area contributed by atoms with Crippen LogP contribution in [0.3, 0.4) is 0 Å². The molecule has 0 fully saturated rings. The lowest BCUT2D eigenvalue weighted by molar-refractivity contribution is 0.435. The van der Waals surface area contributed by atoms with Crippen molar-refractivity contribution in [3.63, 3.8) is 0 Å². The number of anilines is 1. The molecule has 3 aromatic heterocycles. The first-order valence-electron chi connectivity index (χ1n) is 6.13. The van der Waals surface area contributed by atoms with Gasteiger partial charge in [0.25, 0.3) is 0 Å². The number of hydrogen-bond donors (Lipinski definition) is 1. The maximum absolute atomic E-state index is 5.93. The van der Waals surface area contributed by atoms with Crippen LogP contribution in [0.5, 0.6) is 0 Å². The SMILES string of the molecule is Cc1cc(-c2onc(N)c2-c2cccnc2)c(C)nn1. The van der Waals surface area contributed by atoms with E-state index in [2.05, 4.69) is 20.3 Å². The summed E-state index contributed by atoms with van der Waals surface area (Å²) in [5.41, 5.74) is 9.92. The number of pyridine rings is 1. The van der Waals surface area contributed by atoms with Gasteiger partial charge in [0.1, 0.15) is 0 Å². The average molecular weight is 267 g/mol. The minimum Gasteiger partial charge on any atom is -0.380 e. The highest BCUT2D eigenvalue weighted by Crippen LogP contribution is 2.37. The molecule has 6 heteroatoms. The highest BCUT2D eigenvalue weighted by molar-refractivity contribution is 5.86. The van der Waals surface area contributed by atoms with Crippen LogP contribution in [0.25, 0.3) is 22.5 Å². The number of nitrogens with two attached hydrogens (primary N) is 1. The largest absolute Gasteiger partial charge is 0.380 e. The Bertz CT molecular complexity index is 752. The predicted octanol–water partition coefficient (Wildman–Crippen LogP) is 2.39. The highest BCUT2D eigenvalue weighted by atomic mass is 16.5. The third-order valence-electron chi connectivity index (χ3n) is 3.01. The first-order chi connectivity index (χ1) is 9.66. The van der Waals surface area contributed by atoms with E-state index in [1.807, 2.05) is 32.0 Å². The Kier molecular flexibility index (Phi) is 2.90. The molecule has 3 rings (SSSR count). The third kappa shape index (κ3) is 2.01. The molecule has 3 aromatic rings. The Morgan fingerprint density at radius 1 is 1.20 bits per heavy atom. The van der Waals surface area contributed by atoms with Crippen LogP contribution >= 0.6 is 0 Å². The minimum atomic E-state index is 0.335. The molecule has 100 valence electrons. The molecule has 0 radical (unpaired) electrons. The Hall–Kier alpha value is -2.76.